The number of hydrogen-bond acceptors (Lipinski definition) is 1. The summed E-state index contributed by atoms with van der Waals surface area (Å²) >= 11 is 0. The molecule has 0 saturated carbocycles. The molecular formula is C15H18NO+. The van der Waals surface area contributed by atoms with Crippen LogP contribution >= 0.6 is 0 Å². The third kappa shape index (κ3) is 2.48. The van der Waals surface area contributed by atoms with Gasteiger partial charge in [-0.05, 0) is 35.7 Å². The van der Waals surface area contributed by atoms with Gasteiger partial charge in [0.25, 0.3) is 0 Å². The lowest BCUT2D eigenvalue weighted by Gasteiger charge is -2.10. The van der Waals surface area contributed by atoms with E-state index >= 15 is 0 Å². The summed E-state index contributed by atoms with van der Waals surface area (Å²) in [6, 6.07) is 14.5. The predicted molar refractivity (Wildman–Crippen MR) is 70.4 cm³/mol. The quantitative estimate of drug-likeness (QED) is 0.861. The number of methoxy groups -OCH3 is 1. The minimum absolute atomic E-state index is 0.910. The first-order chi connectivity index (χ1) is 8.24. The molecule has 0 aliphatic rings. The van der Waals surface area contributed by atoms with E-state index in [1.165, 1.54) is 5.56 Å². The van der Waals surface area contributed by atoms with Gasteiger partial charge in [0, 0.05) is 11.6 Å². The molecular weight excluding hydrogens is 210 g/mol. The Labute approximate surface area is 102 Å². The van der Waals surface area contributed by atoms with E-state index in [4.69, 9.17) is 4.74 Å². The molecule has 88 valence electrons. The molecule has 0 aliphatic carbocycles. The average molecular weight is 228 g/mol. The topological polar surface area (TPSA) is 36.9 Å². The normalized spacial score (nSPS) is 10.3. The summed E-state index contributed by atoms with van der Waals surface area (Å²) < 4.78 is 5.42. The lowest BCUT2D eigenvalue weighted by atomic mass is 10.0. The molecule has 2 nitrogen and oxygen atoms in total. The van der Waals surface area contributed by atoms with E-state index in [2.05, 4.69) is 36.9 Å². The Balaban J connectivity index is 2.56. The van der Waals surface area contributed by atoms with Crippen LogP contribution < -0.4 is 10.5 Å². The lowest BCUT2D eigenvalue weighted by Crippen LogP contribution is -2.39. The zero-order valence-corrected chi connectivity index (χ0v) is 10.4. The number of aryl methyl sites for hydroxylation is 1. The fourth-order valence-corrected chi connectivity index (χ4v) is 1.94. The molecule has 0 fully saturated rings. The van der Waals surface area contributed by atoms with Crippen LogP contribution in [0.1, 0.15) is 12.5 Å². The Kier molecular flexibility index (Phi) is 3.45. The Bertz CT molecular complexity index is 520. The zero-order chi connectivity index (χ0) is 12.3. The average Bonchev–Trinajstić information content (AvgIpc) is 2.38. The minimum Gasteiger partial charge on any atom is -0.496 e. The Morgan fingerprint density at radius 1 is 1.12 bits per heavy atom. The molecule has 2 aromatic carbocycles. The van der Waals surface area contributed by atoms with Crippen LogP contribution in [0.4, 0.5) is 5.69 Å². The van der Waals surface area contributed by atoms with Crippen molar-refractivity contribution in [2.75, 3.05) is 7.11 Å². The van der Waals surface area contributed by atoms with Crippen molar-refractivity contribution in [3.63, 3.8) is 0 Å². The number of rotatable bonds is 3. The van der Waals surface area contributed by atoms with E-state index in [0.29, 0.717) is 0 Å². The number of quaternary nitrogens is 1. The van der Waals surface area contributed by atoms with Crippen molar-refractivity contribution in [3.8, 4) is 16.9 Å². The SMILES string of the molecule is CCc1ccc(OC)c(-c2cccc([NH3+])c2)c1. The second-order valence-corrected chi connectivity index (χ2v) is 4.09. The Hall–Kier alpha value is -1.80. The monoisotopic (exact) mass is 228 g/mol. The summed E-state index contributed by atoms with van der Waals surface area (Å²) in [4.78, 5) is 0. The summed E-state index contributed by atoms with van der Waals surface area (Å²) in [5.74, 6) is 0.910. The fraction of sp³-hybridized carbons (Fsp3) is 0.200. The molecule has 0 radical (unpaired) electrons. The molecule has 17 heavy (non-hydrogen) atoms. The fourth-order valence-electron chi connectivity index (χ4n) is 1.94. The van der Waals surface area contributed by atoms with Crippen LogP contribution in [0, 0.1) is 0 Å². The summed E-state index contributed by atoms with van der Waals surface area (Å²) in [5.41, 5.74) is 8.59. The van der Waals surface area contributed by atoms with Crippen LogP contribution in [0.15, 0.2) is 42.5 Å². The number of ether oxygens (including phenoxy) is 1. The highest BCUT2D eigenvalue weighted by molar-refractivity contribution is 5.72. The first-order valence-corrected chi connectivity index (χ1v) is 5.84. The summed E-state index contributed by atoms with van der Waals surface area (Å²) in [7, 11) is 1.71. The van der Waals surface area contributed by atoms with Crippen LogP contribution in [0.2, 0.25) is 0 Å². The van der Waals surface area contributed by atoms with E-state index in [9.17, 15) is 0 Å². The van der Waals surface area contributed by atoms with E-state index < -0.39 is 0 Å². The highest BCUT2D eigenvalue weighted by Gasteiger charge is 2.07. The van der Waals surface area contributed by atoms with Crippen molar-refractivity contribution in [1.29, 1.82) is 0 Å². The highest BCUT2D eigenvalue weighted by Crippen LogP contribution is 2.31. The molecule has 0 bridgehead atoms. The van der Waals surface area contributed by atoms with Crippen molar-refractivity contribution in [2.24, 2.45) is 0 Å². The molecule has 3 N–H and O–H groups in total. The highest BCUT2D eigenvalue weighted by atomic mass is 16.5. The second kappa shape index (κ2) is 5.02. The van der Waals surface area contributed by atoms with Crippen LogP contribution in [0.5, 0.6) is 5.75 Å². The van der Waals surface area contributed by atoms with Gasteiger partial charge in [-0.25, -0.2) is 0 Å². The smallest absolute Gasteiger partial charge is 0.128 e. The number of benzene rings is 2. The van der Waals surface area contributed by atoms with Gasteiger partial charge in [0.15, 0.2) is 0 Å². The van der Waals surface area contributed by atoms with Crippen molar-refractivity contribution < 1.29 is 10.5 Å². The second-order valence-electron chi connectivity index (χ2n) is 4.09. The summed E-state index contributed by atoms with van der Waals surface area (Å²) in [6.07, 6.45) is 1.03. The van der Waals surface area contributed by atoms with E-state index in [0.717, 1.165) is 29.0 Å². The van der Waals surface area contributed by atoms with Gasteiger partial charge in [-0.15, -0.1) is 0 Å². The van der Waals surface area contributed by atoms with Gasteiger partial charge in [0.2, 0.25) is 0 Å². The molecule has 0 aliphatic heterocycles. The molecule has 2 heteroatoms. The van der Waals surface area contributed by atoms with Crippen LogP contribution in [-0.2, 0) is 6.42 Å². The van der Waals surface area contributed by atoms with Crippen molar-refractivity contribution in [2.45, 2.75) is 13.3 Å². The first-order valence-electron chi connectivity index (χ1n) is 5.84. The summed E-state index contributed by atoms with van der Waals surface area (Å²) in [6.45, 7) is 2.16. The Morgan fingerprint density at radius 3 is 2.59 bits per heavy atom. The molecule has 2 rings (SSSR count). The Morgan fingerprint density at radius 2 is 1.94 bits per heavy atom. The van der Waals surface area contributed by atoms with Gasteiger partial charge < -0.3 is 10.5 Å². The standard InChI is InChI=1S/C15H17NO/c1-3-11-7-8-15(17-2)14(9-11)12-5-4-6-13(16)10-12/h4-10H,3,16H2,1-2H3/p+1. The number of hydrogen-bond donors (Lipinski definition) is 1. The van der Waals surface area contributed by atoms with Gasteiger partial charge >= 0.3 is 0 Å². The lowest BCUT2D eigenvalue weighted by molar-refractivity contribution is -0.254. The molecule has 0 heterocycles. The van der Waals surface area contributed by atoms with Crippen LogP contribution in [0.3, 0.4) is 0 Å². The zero-order valence-electron chi connectivity index (χ0n) is 10.4. The first kappa shape index (κ1) is 11.7. The third-order valence-corrected chi connectivity index (χ3v) is 2.91. The van der Waals surface area contributed by atoms with Crippen molar-refractivity contribution in [1.82, 2.24) is 0 Å². The van der Waals surface area contributed by atoms with Gasteiger partial charge in [-0.3, -0.25) is 0 Å². The van der Waals surface area contributed by atoms with Gasteiger partial charge in [0.05, 0.1) is 7.11 Å². The molecule has 0 atom stereocenters. The predicted octanol–water partition coefficient (Wildman–Crippen LogP) is 2.80. The molecule has 2 aromatic rings. The molecule has 0 unspecified atom stereocenters. The van der Waals surface area contributed by atoms with Crippen LogP contribution in [-0.4, -0.2) is 7.11 Å². The minimum atomic E-state index is 0.910. The molecule has 0 aromatic heterocycles. The summed E-state index contributed by atoms with van der Waals surface area (Å²) in [5, 5.41) is 0. The maximum absolute atomic E-state index is 5.42. The van der Waals surface area contributed by atoms with Gasteiger partial charge in [-0.2, -0.15) is 0 Å². The molecule has 0 saturated heterocycles. The van der Waals surface area contributed by atoms with Gasteiger partial charge in [0.1, 0.15) is 11.4 Å². The maximum atomic E-state index is 5.42. The van der Waals surface area contributed by atoms with Crippen LogP contribution in [0.25, 0.3) is 11.1 Å². The van der Waals surface area contributed by atoms with E-state index in [1.54, 1.807) is 7.11 Å². The van der Waals surface area contributed by atoms with E-state index in [-0.39, 0.29) is 0 Å². The van der Waals surface area contributed by atoms with Crippen molar-refractivity contribution in [3.05, 3.63) is 48.0 Å². The largest absolute Gasteiger partial charge is 0.496 e. The molecule has 0 spiro atoms. The van der Waals surface area contributed by atoms with Crippen molar-refractivity contribution >= 4 is 5.69 Å². The maximum Gasteiger partial charge on any atom is 0.128 e. The third-order valence-electron chi connectivity index (χ3n) is 2.91. The van der Waals surface area contributed by atoms with Gasteiger partial charge in [-0.1, -0.05) is 25.1 Å². The molecule has 0 amide bonds. The van der Waals surface area contributed by atoms with E-state index in [1.807, 2.05) is 18.2 Å².